The molecule has 0 aliphatic rings. The van der Waals surface area contributed by atoms with Crippen molar-refractivity contribution in [1.82, 2.24) is 10.6 Å². The number of aliphatic carboxylic acids is 1. The number of aromatic carboxylic acids is 1. The van der Waals surface area contributed by atoms with Crippen LogP contribution in [0, 0.1) is 0 Å². The van der Waals surface area contributed by atoms with Crippen molar-refractivity contribution in [3.63, 3.8) is 0 Å². The fourth-order valence-electron chi connectivity index (χ4n) is 2.77. The van der Waals surface area contributed by atoms with Crippen molar-refractivity contribution in [3.05, 3.63) is 71.3 Å². The average Bonchev–Trinajstić information content (AvgIpc) is 2.68. The van der Waals surface area contributed by atoms with Crippen LogP contribution < -0.4 is 10.6 Å². The van der Waals surface area contributed by atoms with Crippen LogP contribution in [0.15, 0.2) is 54.6 Å². The Kier molecular flexibility index (Phi) is 8.17. The second-order valence-corrected chi connectivity index (χ2v) is 6.39. The minimum absolute atomic E-state index is 0.0712. The van der Waals surface area contributed by atoms with E-state index in [2.05, 4.69) is 10.6 Å². The first-order valence-electron chi connectivity index (χ1n) is 9.05. The average molecular weight is 384 g/mol. The molecule has 0 aliphatic heterocycles. The summed E-state index contributed by atoms with van der Waals surface area (Å²) in [4.78, 5) is 34.2. The van der Waals surface area contributed by atoms with Gasteiger partial charge in [-0.25, -0.2) is 4.79 Å². The van der Waals surface area contributed by atoms with Gasteiger partial charge in [-0.2, -0.15) is 0 Å². The lowest BCUT2D eigenvalue weighted by molar-refractivity contribution is -0.137. The van der Waals surface area contributed by atoms with Gasteiger partial charge >= 0.3 is 11.9 Å². The molecule has 0 radical (unpaired) electrons. The molecule has 7 heteroatoms. The van der Waals surface area contributed by atoms with Gasteiger partial charge in [-0.15, -0.1) is 0 Å². The number of hydrogen-bond acceptors (Lipinski definition) is 4. The van der Waals surface area contributed by atoms with Crippen LogP contribution in [0.25, 0.3) is 0 Å². The molecule has 28 heavy (non-hydrogen) atoms. The lowest BCUT2D eigenvalue weighted by Crippen LogP contribution is -2.46. The zero-order valence-electron chi connectivity index (χ0n) is 15.4. The van der Waals surface area contributed by atoms with E-state index in [1.165, 1.54) is 6.07 Å². The van der Waals surface area contributed by atoms with E-state index in [0.29, 0.717) is 19.4 Å². The third-order valence-corrected chi connectivity index (χ3v) is 4.22. The number of benzene rings is 2. The van der Waals surface area contributed by atoms with Gasteiger partial charge in [-0.3, -0.25) is 9.59 Å². The zero-order chi connectivity index (χ0) is 20.4. The van der Waals surface area contributed by atoms with Gasteiger partial charge in [0.25, 0.3) is 0 Å². The number of carbonyl (C=O) groups is 3. The van der Waals surface area contributed by atoms with Gasteiger partial charge in [0.2, 0.25) is 5.91 Å². The highest BCUT2D eigenvalue weighted by Gasteiger charge is 2.18. The molecule has 0 heterocycles. The predicted octanol–water partition coefficient (Wildman–Crippen LogP) is 1.72. The number of rotatable bonds is 11. The summed E-state index contributed by atoms with van der Waals surface area (Å²) in [5.74, 6) is -2.20. The van der Waals surface area contributed by atoms with Crippen LogP contribution in [-0.2, 0) is 22.4 Å². The van der Waals surface area contributed by atoms with E-state index >= 15 is 0 Å². The number of carboxylic acid groups (broad SMARTS) is 2. The molecule has 4 N–H and O–H groups in total. The summed E-state index contributed by atoms with van der Waals surface area (Å²) >= 11 is 0. The molecule has 0 saturated carbocycles. The summed E-state index contributed by atoms with van der Waals surface area (Å²) in [6.07, 6.45) is 0.898. The van der Waals surface area contributed by atoms with Gasteiger partial charge in [-0.1, -0.05) is 42.5 Å². The predicted molar refractivity (Wildman–Crippen MR) is 104 cm³/mol. The maximum atomic E-state index is 12.5. The summed E-state index contributed by atoms with van der Waals surface area (Å²) in [7, 11) is 0. The van der Waals surface area contributed by atoms with E-state index in [0.717, 1.165) is 11.1 Å². The molecule has 0 aliphatic carbocycles. The van der Waals surface area contributed by atoms with Crippen LogP contribution in [0.3, 0.4) is 0 Å². The summed E-state index contributed by atoms with van der Waals surface area (Å²) in [5.41, 5.74) is 2.07. The first-order chi connectivity index (χ1) is 13.5. The monoisotopic (exact) mass is 384 g/mol. The van der Waals surface area contributed by atoms with E-state index in [-0.39, 0.29) is 24.4 Å². The highest BCUT2D eigenvalue weighted by atomic mass is 16.4. The summed E-state index contributed by atoms with van der Waals surface area (Å²) in [5, 5.41) is 23.6. The van der Waals surface area contributed by atoms with Crippen LogP contribution in [0.1, 0.15) is 27.9 Å². The number of amides is 1. The Labute approximate surface area is 163 Å². The Hall–Kier alpha value is -3.19. The fourth-order valence-corrected chi connectivity index (χ4v) is 2.77. The molecule has 0 bridgehead atoms. The third-order valence-electron chi connectivity index (χ3n) is 4.22. The normalized spacial score (nSPS) is 11.6. The van der Waals surface area contributed by atoms with Gasteiger partial charge in [0.1, 0.15) is 0 Å². The molecule has 1 atom stereocenters. The van der Waals surface area contributed by atoms with Gasteiger partial charge in [-0.05, 0) is 42.6 Å². The maximum Gasteiger partial charge on any atom is 0.335 e. The molecule has 7 nitrogen and oxygen atoms in total. The van der Waals surface area contributed by atoms with Gasteiger partial charge in [0, 0.05) is 6.54 Å². The van der Waals surface area contributed by atoms with E-state index in [1.807, 2.05) is 36.4 Å². The van der Waals surface area contributed by atoms with E-state index in [1.54, 1.807) is 12.1 Å². The lowest BCUT2D eigenvalue weighted by Gasteiger charge is -2.18. The van der Waals surface area contributed by atoms with Crippen LogP contribution >= 0.6 is 0 Å². The van der Waals surface area contributed by atoms with Crippen molar-refractivity contribution in [3.8, 4) is 0 Å². The second-order valence-electron chi connectivity index (χ2n) is 6.39. The van der Waals surface area contributed by atoms with Crippen LogP contribution in [-0.4, -0.2) is 47.2 Å². The number of hydrogen-bond donors (Lipinski definition) is 4. The molecular weight excluding hydrogens is 360 g/mol. The first kappa shape index (κ1) is 21.1. The van der Waals surface area contributed by atoms with Crippen molar-refractivity contribution in [2.45, 2.75) is 25.3 Å². The molecule has 2 rings (SSSR count). The number of nitrogens with one attached hydrogen (secondary N) is 2. The summed E-state index contributed by atoms with van der Waals surface area (Å²) in [6.45, 7) is 0.550. The van der Waals surface area contributed by atoms with Crippen LogP contribution in [0.4, 0.5) is 0 Å². The maximum absolute atomic E-state index is 12.5. The van der Waals surface area contributed by atoms with E-state index in [4.69, 9.17) is 10.2 Å². The third kappa shape index (κ3) is 7.20. The molecule has 2 aromatic rings. The van der Waals surface area contributed by atoms with Crippen LogP contribution in [0.5, 0.6) is 0 Å². The number of carboxylic acids is 2. The fraction of sp³-hybridized carbons (Fsp3) is 0.286. The van der Waals surface area contributed by atoms with Crippen molar-refractivity contribution < 1.29 is 24.6 Å². The Morgan fingerprint density at radius 2 is 1.61 bits per heavy atom. The molecule has 0 saturated heterocycles. The highest BCUT2D eigenvalue weighted by Crippen LogP contribution is 2.07. The van der Waals surface area contributed by atoms with Crippen molar-refractivity contribution in [1.29, 1.82) is 0 Å². The molecule has 1 amide bonds. The standard InChI is InChI=1S/C21H24N2O5/c24-19(25)10-12-23-20(26)18(14-15-5-2-1-3-6-15)22-11-9-16-7-4-8-17(13-16)21(27)28/h1-8,13,18,22H,9-12,14H2,(H,23,26)(H,24,25)(H,27,28). The summed E-state index contributed by atoms with van der Waals surface area (Å²) in [6, 6.07) is 15.7. The Balaban J connectivity index is 1.96. The van der Waals surface area contributed by atoms with Crippen molar-refractivity contribution >= 4 is 17.8 Å². The smallest absolute Gasteiger partial charge is 0.335 e. The molecule has 0 fully saturated rings. The van der Waals surface area contributed by atoms with Gasteiger partial charge in [0.15, 0.2) is 0 Å². The van der Waals surface area contributed by atoms with Crippen molar-refractivity contribution in [2.24, 2.45) is 0 Å². The van der Waals surface area contributed by atoms with Crippen LogP contribution in [0.2, 0.25) is 0 Å². The Morgan fingerprint density at radius 3 is 2.29 bits per heavy atom. The largest absolute Gasteiger partial charge is 0.481 e. The summed E-state index contributed by atoms with van der Waals surface area (Å²) < 4.78 is 0. The SMILES string of the molecule is O=C(O)CCNC(=O)C(Cc1ccccc1)NCCc1cccc(C(=O)O)c1. The molecule has 0 aromatic heterocycles. The quantitative estimate of drug-likeness (QED) is 0.469. The van der Waals surface area contributed by atoms with Crippen molar-refractivity contribution in [2.75, 3.05) is 13.1 Å². The molecule has 0 spiro atoms. The minimum Gasteiger partial charge on any atom is -0.481 e. The molecule has 148 valence electrons. The Morgan fingerprint density at radius 1 is 0.893 bits per heavy atom. The zero-order valence-corrected chi connectivity index (χ0v) is 15.4. The molecule has 1 unspecified atom stereocenters. The number of carbonyl (C=O) groups excluding carboxylic acids is 1. The van der Waals surface area contributed by atoms with E-state index in [9.17, 15) is 14.4 Å². The second kappa shape index (κ2) is 10.8. The van der Waals surface area contributed by atoms with Gasteiger partial charge < -0.3 is 20.8 Å². The minimum atomic E-state index is -0.977. The van der Waals surface area contributed by atoms with Gasteiger partial charge in [0.05, 0.1) is 18.0 Å². The van der Waals surface area contributed by atoms with E-state index < -0.39 is 18.0 Å². The molecular formula is C21H24N2O5. The lowest BCUT2D eigenvalue weighted by atomic mass is 10.0. The highest BCUT2D eigenvalue weighted by molar-refractivity contribution is 5.87. The first-order valence-corrected chi connectivity index (χ1v) is 9.05. The molecule has 2 aromatic carbocycles. The topological polar surface area (TPSA) is 116 Å². The Bertz CT molecular complexity index is 807.